The average Bonchev–Trinajstić information content (AvgIpc) is 3.15. The van der Waals surface area contributed by atoms with E-state index in [0.717, 1.165) is 5.56 Å². The van der Waals surface area contributed by atoms with E-state index < -0.39 is 0 Å². The molecule has 1 aliphatic carbocycles. The Bertz CT molecular complexity index is 384. The van der Waals surface area contributed by atoms with Gasteiger partial charge in [0.25, 0.3) is 0 Å². The number of phenols is 1. The normalized spacial score (nSPS) is 16.5. The Morgan fingerprint density at radius 2 is 2.12 bits per heavy atom. The lowest BCUT2D eigenvalue weighted by Gasteiger charge is -2.15. The molecule has 4 heteroatoms. The van der Waals surface area contributed by atoms with Crippen LogP contribution >= 0.6 is 0 Å². The first-order valence-corrected chi connectivity index (χ1v) is 5.81. The van der Waals surface area contributed by atoms with Crippen LogP contribution in [0.2, 0.25) is 0 Å². The Morgan fingerprint density at radius 3 is 2.65 bits per heavy atom. The van der Waals surface area contributed by atoms with Gasteiger partial charge in [-0.1, -0.05) is 12.1 Å². The molecular weight excluding hydrogens is 218 g/mol. The van der Waals surface area contributed by atoms with E-state index in [1.165, 1.54) is 20.0 Å². The zero-order valence-electron chi connectivity index (χ0n) is 9.85. The fraction of sp³-hybridized carbons (Fsp3) is 0.462. The van der Waals surface area contributed by atoms with E-state index in [-0.39, 0.29) is 17.6 Å². The van der Waals surface area contributed by atoms with Crippen molar-refractivity contribution in [2.45, 2.75) is 24.8 Å². The first-order chi connectivity index (χ1) is 8.20. The number of esters is 1. The molecule has 1 aromatic carbocycles. The Morgan fingerprint density at radius 1 is 1.47 bits per heavy atom. The topological polar surface area (TPSA) is 58.6 Å². The second-order valence-corrected chi connectivity index (χ2v) is 4.35. The van der Waals surface area contributed by atoms with Crippen molar-refractivity contribution in [1.29, 1.82) is 0 Å². The van der Waals surface area contributed by atoms with Crippen LogP contribution in [-0.2, 0) is 9.53 Å². The molecule has 0 aromatic heterocycles. The summed E-state index contributed by atoms with van der Waals surface area (Å²) in [6.07, 6.45) is 2.37. The second-order valence-electron chi connectivity index (χ2n) is 4.35. The summed E-state index contributed by atoms with van der Waals surface area (Å²) in [5.74, 6) is -0.349. The van der Waals surface area contributed by atoms with Crippen LogP contribution < -0.4 is 5.32 Å². The summed E-state index contributed by atoms with van der Waals surface area (Å²) in [7, 11) is 1.40. The van der Waals surface area contributed by atoms with E-state index in [4.69, 9.17) is 4.74 Å². The standard InChI is InChI=1S/C13H17NO3/c1-17-13(16)12(8-14-10-4-5-10)9-2-6-11(15)7-3-9/h2-3,6-7,10,12,14-15H,4-5,8H2,1H3. The highest BCUT2D eigenvalue weighted by atomic mass is 16.5. The van der Waals surface area contributed by atoms with Crippen molar-refractivity contribution >= 4 is 5.97 Å². The van der Waals surface area contributed by atoms with Crippen molar-refractivity contribution in [2.75, 3.05) is 13.7 Å². The van der Waals surface area contributed by atoms with Crippen molar-refractivity contribution in [3.05, 3.63) is 29.8 Å². The monoisotopic (exact) mass is 235 g/mol. The first-order valence-electron chi connectivity index (χ1n) is 5.81. The number of rotatable bonds is 5. The van der Waals surface area contributed by atoms with Crippen LogP contribution in [0, 0.1) is 0 Å². The number of carbonyl (C=O) groups excluding carboxylic acids is 1. The van der Waals surface area contributed by atoms with E-state index in [9.17, 15) is 9.90 Å². The number of hydrogen-bond donors (Lipinski definition) is 2. The third kappa shape index (κ3) is 3.20. The van der Waals surface area contributed by atoms with Gasteiger partial charge in [-0.05, 0) is 30.5 Å². The summed E-state index contributed by atoms with van der Waals surface area (Å²) in [6.45, 7) is 0.585. The summed E-state index contributed by atoms with van der Waals surface area (Å²) in [5, 5.41) is 12.6. The van der Waals surface area contributed by atoms with Gasteiger partial charge in [-0.25, -0.2) is 0 Å². The van der Waals surface area contributed by atoms with Gasteiger partial charge in [0, 0.05) is 12.6 Å². The molecule has 0 saturated heterocycles. The number of nitrogens with one attached hydrogen (secondary N) is 1. The van der Waals surface area contributed by atoms with Gasteiger partial charge in [0.15, 0.2) is 0 Å². The Balaban J connectivity index is 2.07. The minimum absolute atomic E-state index is 0.201. The molecule has 1 saturated carbocycles. The SMILES string of the molecule is COC(=O)C(CNC1CC1)c1ccc(O)cc1. The molecule has 92 valence electrons. The lowest BCUT2D eigenvalue weighted by atomic mass is 9.99. The molecule has 2 N–H and O–H groups in total. The average molecular weight is 235 g/mol. The van der Waals surface area contributed by atoms with Crippen molar-refractivity contribution in [2.24, 2.45) is 0 Å². The van der Waals surface area contributed by atoms with E-state index in [1.54, 1.807) is 24.3 Å². The van der Waals surface area contributed by atoms with Crippen LogP contribution in [0.15, 0.2) is 24.3 Å². The minimum atomic E-state index is -0.304. The number of benzene rings is 1. The third-order valence-corrected chi connectivity index (χ3v) is 2.97. The summed E-state index contributed by atoms with van der Waals surface area (Å²) >= 11 is 0. The molecule has 0 amide bonds. The fourth-order valence-corrected chi connectivity index (χ4v) is 1.76. The molecule has 0 spiro atoms. The maximum absolute atomic E-state index is 11.7. The van der Waals surface area contributed by atoms with E-state index in [0.29, 0.717) is 12.6 Å². The van der Waals surface area contributed by atoms with Gasteiger partial charge in [-0.3, -0.25) is 4.79 Å². The van der Waals surface area contributed by atoms with Gasteiger partial charge >= 0.3 is 5.97 Å². The van der Waals surface area contributed by atoms with Crippen molar-refractivity contribution in [3.8, 4) is 5.75 Å². The van der Waals surface area contributed by atoms with Crippen LogP contribution in [0.4, 0.5) is 0 Å². The number of hydrogen-bond acceptors (Lipinski definition) is 4. The molecule has 2 rings (SSSR count). The Hall–Kier alpha value is -1.55. The smallest absolute Gasteiger partial charge is 0.314 e. The predicted molar refractivity (Wildman–Crippen MR) is 63.9 cm³/mol. The number of carbonyl (C=O) groups is 1. The van der Waals surface area contributed by atoms with Gasteiger partial charge in [-0.2, -0.15) is 0 Å². The molecular formula is C13H17NO3. The van der Waals surface area contributed by atoms with Crippen LogP contribution in [0.1, 0.15) is 24.3 Å². The molecule has 0 aliphatic heterocycles. The molecule has 1 unspecified atom stereocenters. The predicted octanol–water partition coefficient (Wildman–Crippen LogP) is 1.40. The number of methoxy groups -OCH3 is 1. The molecule has 1 fully saturated rings. The second kappa shape index (κ2) is 5.19. The van der Waals surface area contributed by atoms with Crippen molar-refractivity contribution in [3.63, 3.8) is 0 Å². The molecule has 1 aliphatic rings. The van der Waals surface area contributed by atoms with Gasteiger partial charge in [0.1, 0.15) is 5.75 Å². The van der Waals surface area contributed by atoms with Crippen LogP contribution in [0.3, 0.4) is 0 Å². The van der Waals surface area contributed by atoms with Crippen LogP contribution in [0.25, 0.3) is 0 Å². The zero-order valence-corrected chi connectivity index (χ0v) is 9.85. The van der Waals surface area contributed by atoms with E-state index in [1.807, 2.05) is 0 Å². The van der Waals surface area contributed by atoms with Gasteiger partial charge in [0.2, 0.25) is 0 Å². The Kier molecular flexibility index (Phi) is 3.64. The van der Waals surface area contributed by atoms with Crippen LogP contribution in [-0.4, -0.2) is 30.8 Å². The summed E-state index contributed by atoms with van der Waals surface area (Å²) < 4.78 is 4.81. The zero-order chi connectivity index (χ0) is 12.3. The highest BCUT2D eigenvalue weighted by Crippen LogP contribution is 2.23. The van der Waals surface area contributed by atoms with E-state index in [2.05, 4.69) is 5.32 Å². The largest absolute Gasteiger partial charge is 0.508 e. The summed E-state index contributed by atoms with van der Waals surface area (Å²) in [5.41, 5.74) is 0.864. The maximum atomic E-state index is 11.7. The molecule has 17 heavy (non-hydrogen) atoms. The van der Waals surface area contributed by atoms with Gasteiger partial charge in [0.05, 0.1) is 13.0 Å². The lowest BCUT2D eigenvalue weighted by molar-refractivity contribution is -0.142. The third-order valence-electron chi connectivity index (χ3n) is 2.97. The molecule has 0 radical (unpaired) electrons. The highest BCUT2D eigenvalue weighted by Gasteiger charge is 2.26. The van der Waals surface area contributed by atoms with Gasteiger partial charge in [-0.15, -0.1) is 0 Å². The molecule has 0 heterocycles. The maximum Gasteiger partial charge on any atom is 0.314 e. The lowest BCUT2D eigenvalue weighted by Crippen LogP contribution is -2.29. The fourth-order valence-electron chi connectivity index (χ4n) is 1.76. The van der Waals surface area contributed by atoms with Crippen molar-refractivity contribution in [1.82, 2.24) is 5.32 Å². The molecule has 1 atom stereocenters. The number of phenolic OH excluding ortho intramolecular Hbond substituents is 1. The minimum Gasteiger partial charge on any atom is -0.508 e. The quantitative estimate of drug-likeness (QED) is 0.757. The highest BCUT2D eigenvalue weighted by molar-refractivity contribution is 5.78. The van der Waals surface area contributed by atoms with Crippen LogP contribution in [0.5, 0.6) is 5.75 Å². The van der Waals surface area contributed by atoms with Gasteiger partial charge < -0.3 is 15.2 Å². The summed E-state index contributed by atoms with van der Waals surface area (Å²) in [4.78, 5) is 11.7. The number of aromatic hydroxyl groups is 1. The molecule has 4 nitrogen and oxygen atoms in total. The number of ether oxygens (including phenoxy) is 1. The molecule has 0 bridgehead atoms. The summed E-state index contributed by atoms with van der Waals surface area (Å²) in [6, 6.07) is 7.24. The Labute approximate surface area is 101 Å². The van der Waals surface area contributed by atoms with Crippen molar-refractivity contribution < 1.29 is 14.6 Å². The first kappa shape index (κ1) is 11.9. The molecule has 1 aromatic rings. The van der Waals surface area contributed by atoms with E-state index >= 15 is 0 Å².